The molecule has 1 amide bonds. The minimum atomic E-state index is -0.204. The first-order chi connectivity index (χ1) is 9.29. The molecular formula is C12H18N4O3. The second-order valence-electron chi connectivity index (χ2n) is 4.06. The van der Waals surface area contributed by atoms with Crippen LogP contribution < -0.4 is 10.2 Å². The lowest BCUT2D eigenvalue weighted by Crippen LogP contribution is -2.37. The predicted molar refractivity (Wildman–Crippen MR) is 70.2 cm³/mol. The van der Waals surface area contributed by atoms with Gasteiger partial charge in [-0.3, -0.25) is 4.79 Å². The number of anilines is 2. The molecule has 19 heavy (non-hydrogen) atoms. The van der Waals surface area contributed by atoms with Gasteiger partial charge in [0, 0.05) is 19.7 Å². The molecule has 1 fully saturated rings. The first kappa shape index (κ1) is 13.7. The molecule has 0 bridgehead atoms. The Morgan fingerprint density at radius 1 is 1.42 bits per heavy atom. The van der Waals surface area contributed by atoms with Crippen molar-refractivity contribution in [3.63, 3.8) is 0 Å². The van der Waals surface area contributed by atoms with Crippen LogP contribution in [0.25, 0.3) is 0 Å². The van der Waals surface area contributed by atoms with Gasteiger partial charge in [0.05, 0.1) is 31.3 Å². The van der Waals surface area contributed by atoms with Crippen molar-refractivity contribution in [3.05, 3.63) is 12.4 Å². The molecule has 2 heterocycles. The van der Waals surface area contributed by atoms with Gasteiger partial charge in [-0.2, -0.15) is 0 Å². The Morgan fingerprint density at radius 3 is 2.74 bits per heavy atom. The third kappa shape index (κ3) is 4.15. The zero-order valence-corrected chi connectivity index (χ0v) is 11.0. The lowest BCUT2D eigenvalue weighted by molar-refractivity contribution is -0.120. The molecule has 0 aliphatic carbocycles. The zero-order chi connectivity index (χ0) is 13.5. The largest absolute Gasteiger partial charge is 0.378 e. The van der Waals surface area contributed by atoms with Crippen LogP contribution in [0.2, 0.25) is 0 Å². The first-order valence-corrected chi connectivity index (χ1v) is 6.32. The highest BCUT2D eigenvalue weighted by molar-refractivity contribution is 5.91. The van der Waals surface area contributed by atoms with Gasteiger partial charge >= 0.3 is 0 Å². The number of ether oxygens (including phenoxy) is 2. The van der Waals surface area contributed by atoms with Gasteiger partial charge in [-0.15, -0.1) is 0 Å². The number of aromatic nitrogens is 2. The van der Waals surface area contributed by atoms with Crippen molar-refractivity contribution in [2.45, 2.75) is 6.92 Å². The zero-order valence-electron chi connectivity index (χ0n) is 11.0. The number of nitrogens with one attached hydrogen (secondary N) is 1. The van der Waals surface area contributed by atoms with E-state index >= 15 is 0 Å². The highest BCUT2D eigenvalue weighted by atomic mass is 16.5. The predicted octanol–water partition coefficient (Wildman–Crippen LogP) is 0.288. The van der Waals surface area contributed by atoms with Crippen molar-refractivity contribution in [3.8, 4) is 0 Å². The standard InChI is InChI=1S/C12H18N4O3/c1-2-18-9-11(17)15-10-7-13-12(14-8-10)16-3-5-19-6-4-16/h7-8H,2-6,9H2,1H3,(H,15,17). The van der Waals surface area contributed by atoms with E-state index in [-0.39, 0.29) is 12.5 Å². The molecule has 0 atom stereocenters. The molecule has 1 aromatic heterocycles. The lowest BCUT2D eigenvalue weighted by Gasteiger charge is -2.26. The molecule has 104 valence electrons. The number of hydrogen-bond donors (Lipinski definition) is 1. The van der Waals surface area contributed by atoms with Gasteiger partial charge in [0.2, 0.25) is 11.9 Å². The fourth-order valence-electron chi connectivity index (χ4n) is 1.70. The molecule has 1 aliphatic rings. The monoisotopic (exact) mass is 266 g/mol. The molecule has 7 heteroatoms. The fraction of sp³-hybridized carbons (Fsp3) is 0.583. The summed E-state index contributed by atoms with van der Waals surface area (Å²) < 4.78 is 10.3. The SMILES string of the molecule is CCOCC(=O)Nc1cnc(N2CCOCC2)nc1. The van der Waals surface area contributed by atoms with Gasteiger partial charge in [-0.05, 0) is 6.92 Å². The molecule has 0 unspecified atom stereocenters. The topological polar surface area (TPSA) is 76.6 Å². The van der Waals surface area contributed by atoms with Crippen molar-refractivity contribution in [1.29, 1.82) is 0 Å². The van der Waals surface area contributed by atoms with E-state index in [2.05, 4.69) is 20.2 Å². The van der Waals surface area contributed by atoms with Crippen LogP contribution in [0.4, 0.5) is 11.6 Å². The molecule has 0 aromatic carbocycles. The summed E-state index contributed by atoms with van der Waals surface area (Å²) in [5.74, 6) is 0.454. The third-order valence-electron chi connectivity index (χ3n) is 2.65. The van der Waals surface area contributed by atoms with E-state index in [0.717, 1.165) is 13.1 Å². The van der Waals surface area contributed by atoms with Crippen LogP contribution in [-0.4, -0.2) is 55.4 Å². The van der Waals surface area contributed by atoms with E-state index in [1.807, 2.05) is 6.92 Å². The van der Waals surface area contributed by atoms with Crippen molar-refractivity contribution < 1.29 is 14.3 Å². The van der Waals surface area contributed by atoms with Crippen LogP contribution in [0.3, 0.4) is 0 Å². The average molecular weight is 266 g/mol. The lowest BCUT2D eigenvalue weighted by atomic mass is 10.4. The van der Waals surface area contributed by atoms with Crippen molar-refractivity contribution >= 4 is 17.5 Å². The normalized spacial score (nSPS) is 15.3. The summed E-state index contributed by atoms with van der Waals surface area (Å²) in [6, 6.07) is 0. The number of carbonyl (C=O) groups excluding carboxylic acids is 1. The maximum Gasteiger partial charge on any atom is 0.250 e. The van der Waals surface area contributed by atoms with Gasteiger partial charge in [-0.1, -0.05) is 0 Å². The molecular weight excluding hydrogens is 248 g/mol. The Labute approximate surface area is 111 Å². The van der Waals surface area contributed by atoms with Crippen LogP contribution >= 0.6 is 0 Å². The van der Waals surface area contributed by atoms with Crippen LogP contribution in [0.5, 0.6) is 0 Å². The number of nitrogens with zero attached hydrogens (tertiary/aromatic N) is 3. The van der Waals surface area contributed by atoms with E-state index in [9.17, 15) is 4.79 Å². The molecule has 1 aromatic rings. The Kier molecular flexibility index (Phi) is 5.05. The molecule has 1 aliphatic heterocycles. The van der Waals surface area contributed by atoms with Crippen LogP contribution in [0, 0.1) is 0 Å². The van der Waals surface area contributed by atoms with Crippen LogP contribution in [-0.2, 0) is 14.3 Å². The van der Waals surface area contributed by atoms with Crippen LogP contribution in [0.15, 0.2) is 12.4 Å². The maximum absolute atomic E-state index is 11.4. The Bertz CT molecular complexity index is 404. The Balaban J connectivity index is 1.88. The quantitative estimate of drug-likeness (QED) is 0.825. The number of rotatable bonds is 5. The van der Waals surface area contributed by atoms with Crippen molar-refractivity contribution in [1.82, 2.24) is 9.97 Å². The van der Waals surface area contributed by atoms with Crippen molar-refractivity contribution in [2.75, 3.05) is 49.7 Å². The van der Waals surface area contributed by atoms with Gasteiger partial charge in [0.25, 0.3) is 0 Å². The minimum absolute atomic E-state index is 0.0434. The Hall–Kier alpha value is -1.73. The van der Waals surface area contributed by atoms with E-state index in [1.54, 1.807) is 12.4 Å². The molecule has 0 radical (unpaired) electrons. The summed E-state index contributed by atoms with van der Waals surface area (Å²) in [6.07, 6.45) is 3.20. The van der Waals surface area contributed by atoms with E-state index < -0.39 is 0 Å². The van der Waals surface area contributed by atoms with E-state index in [1.165, 1.54) is 0 Å². The highest BCUT2D eigenvalue weighted by Gasteiger charge is 2.13. The third-order valence-corrected chi connectivity index (χ3v) is 2.65. The smallest absolute Gasteiger partial charge is 0.250 e. The molecule has 1 N–H and O–H groups in total. The first-order valence-electron chi connectivity index (χ1n) is 6.32. The van der Waals surface area contributed by atoms with Gasteiger partial charge in [0.15, 0.2) is 0 Å². The maximum atomic E-state index is 11.4. The van der Waals surface area contributed by atoms with E-state index in [4.69, 9.17) is 9.47 Å². The van der Waals surface area contributed by atoms with Gasteiger partial charge in [0.1, 0.15) is 6.61 Å². The van der Waals surface area contributed by atoms with E-state index in [0.29, 0.717) is 31.5 Å². The number of morpholine rings is 1. The highest BCUT2D eigenvalue weighted by Crippen LogP contribution is 2.11. The summed E-state index contributed by atoms with van der Waals surface area (Å²) in [7, 11) is 0. The summed E-state index contributed by atoms with van der Waals surface area (Å²) >= 11 is 0. The second kappa shape index (κ2) is 7.01. The van der Waals surface area contributed by atoms with Crippen molar-refractivity contribution in [2.24, 2.45) is 0 Å². The van der Waals surface area contributed by atoms with Crippen LogP contribution in [0.1, 0.15) is 6.92 Å². The fourth-order valence-corrected chi connectivity index (χ4v) is 1.70. The summed E-state index contributed by atoms with van der Waals surface area (Å²) in [6.45, 7) is 5.35. The van der Waals surface area contributed by atoms with Gasteiger partial charge in [-0.25, -0.2) is 9.97 Å². The molecule has 7 nitrogen and oxygen atoms in total. The average Bonchev–Trinajstić information content (AvgIpc) is 2.47. The summed E-state index contributed by atoms with van der Waals surface area (Å²) in [5, 5.41) is 2.67. The second-order valence-corrected chi connectivity index (χ2v) is 4.06. The molecule has 2 rings (SSSR count). The Morgan fingerprint density at radius 2 is 2.11 bits per heavy atom. The number of hydrogen-bond acceptors (Lipinski definition) is 6. The molecule has 0 spiro atoms. The summed E-state index contributed by atoms with van der Waals surface area (Å²) in [5.41, 5.74) is 0.571. The molecule has 1 saturated heterocycles. The molecule has 0 saturated carbocycles. The van der Waals surface area contributed by atoms with Gasteiger partial charge < -0.3 is 19.7 Å². The minimum Gasteiger partial charge on any atom is -0.378 e. The summed E-state index contributed by atoms with van der Waals surface area (Å²) in [4.78, 5) is 22.0. The number of amides is 1. The number of carbonyl (C=O) groups is 1.